The molecule has 0 bridgehead atoms. The van der Waals surface area contributed by atoms with Gasteiger partial charge in [-0.2, -0.15) is 4.39 Å². The lowest BCUT2D eigenvalue weighted by Crippen LogP contribution is -2.35. The third kappa shape index (κ3) is 3.67. The van der Waals surface area contributed by atoms with Gasteiger partial charge in [0.25, 0.3) is 0 Å². The maximum absolute atomic E-state index is 13.4. The van der Waals surface area contributed by atoms with E-state index in [0.717, 1.165) is 12.6 Å². The standard InChI is InChI=1S/C14H19F2NO/c1-14(2,8-17-10-6-7-10)9-18-12-5-3-4-11(15)13(12)16/h3-5,10,17H,6-9H2,1-2H3. The van der Waals surface area contributed by atoms with Crippen LogP contribution in [-0.4, -0.2) is 19.2 Å². The fourth-order valence-corrected chi connectivity index (χ4v) is 1.63. The van der Waals surface area contributed by atoms with Gasteiger partial charge in [0.1, 0.15) is 0 Å². The highest BCUT2D eigenvalue weighted by Crippen LogP contribution is 2.24. The molecule has 18 heavy (non-hydrogen) atoms. The topological polar surface area (TPSA) is 21.3 Å². The highest BCUT2D eigenvalue weighted by atomic mass is 19.2. The van der Waals surface area contributed by atoms with E-state index in [1.165, 1.54) is 25.0 Å². The van der Waals surface area contributed by atoms with Crippen LogP contribution in [0.4, 0.5) is 8.78 Å². The van der Waals surface area contributed by atoms with Crippen molar-refractivity contribution in [2.75, 3.05) is 13.2 Å². The summed E-state index contributed by atoms with van der Waals surface area (Å²) >= 11 is 0. The van der Waals surface area contributed by atoms with E-state index in [2.05, 4.69) is 5.32 Å². The number of nitrogens with one attached hydrogen (secondary N) is 1. The fraction of sp³-hybridized carbons (Fsp3) is 0.571. The van der Waals surface area contributed by atoms with Gasteiger partial charge in [-0.25, -0.2) is 4.39 Å². The molecule has 0 heterocycles. The van der Waals surface area contributed by atoms with Crippen molar-refractivity contribution in [3.05, 3.63) is 29.8 Å². The first kappa shape index (κ1) is 13.3. The van der Waals surface area contributed by atoms with Gasteiger partial charge >= 0.3 is 0 Å². The second-order valence-electron chi connectivity index (χ2n) is 5.66. The summed E-state index contributed by atoms with van der Waals surface area (Å²) in [6, 6.07) is 4.61. The summed E-state index contributed by atoms with van der Waals surface area (Å²) in [6.07, 6.45) is 2.46. The van der Waals surface area contributed by atoms with E-state index < -0.39 is 11.6 Å². The molecule has 100 valence electrons. The first-order valence-electron chi connectivity index (χ1n) is 6.28. The SMILES string of the molecule is CC(C)(CNC1CC1)COc1cccc(F)c1F. The van der Waals surface area contributed by atoms with Crippen LogP contribution in [0, 0.1) is 17.0 Å². The van der Waals surface area contributed by atoms with E-state index in [1.54, 1.807) is 0 Å². The van der Waals surface area contributed by atoms with Crippen LogP contribution in [0.2, 0.25) is 0 Å². The summed E-state index contributed by atoms with van der Waals surface area (Å²) in [5.41, 5.74) is -0.110. The zero-order valence-electron chi connectivity index (χ0n) is 10.8. The predicted molar refractivity (Wildman–Crippen MR) is 66.7 cm³/mol. The molecule has 0 atom stereocenters. The van der Waals surface area contributed by atoms with Crippen LogP contribution in [0.15, 0.2) is 18.2 Å². The van der Waals surface area contributed by atoms with Crippen molar-refractivity contribution in [3.63, 3.8) is 0 Å². The van der Waals surface area contributed by atoms with Crippen molar-refractivity contribution >= 4 is 0 Å². The summed E-state index contributed by atoms with van der Waals surface area (Å²) in [5, 5.41) is 3.41. The number of hydrogen-bond acceptors (Lipinski definition) is 2. The lowest BCUT2D eigenvalue weighted by Gasteiger charge is -2.25. The largest absolute Gasteiger partial charge is 0.490 e. The Kier molecular flexibility index (Phi) is 3.85. The van der Waals surface area contributed by atoms with E-state index in [-0.39, 0.29) is 11.2 Å². The molecular formula is C14H19F2NO. The molecular weight excluding hydrogens is 236 g/mol. The van der Waals surface area contributed by atoms with E-state index in [0.29, 0.717) is 12.6 Å². The quantitative estimate of drug-likeness (QED) is 0.843. The van der Waals surface area contributed by atoms with E-state index in [4.69, 9.17) is 4.74 Å². The highest BCUT2D eigenvalue weighted by Gasteiger charge is 2.26. The van der Waals surface area contributed by atoms with Gasteiger partial charge in [-0.15, -0.1) is 0 Å². The Morgan fingerprint density at radius 2 is 2.06 bits per heavy atom. The minimum Gasteiger partial charge on any atom is -0.490 e. The van der Waals surface area contributed by atoms with Gasteiger partial charge in [0.05, 0.1) is 6.61 Å². The third-order valence-corrected chi connectivity index (χ3v) is 2.98. The van der Waals surface area contributed by atoms with Crippen LogP contribution < -0.4 is 10.1 Å². The van der Waals surface area contributed by atoms with Crippen LogP contribution in [0.1, 0.15) is 26.7 Å². The number of halogens is 2. The van der Waals surface area contributed by atoms with Crippen LogP contribution in [-0.2, 0) is 0 Å². The number of benzene rings is 1. The van der Waals surface area contributed by atoms with Crippen LogP contribution in [0.3, 0.4) is 0 Å². The Bertz CT molecular complexity index is 416. The smallest absolute Gasteiger partial charge is 0.200 e. The summed E-state index contributed by atoms with van der Waals surface area (Å²) in [5.74, 6) is -1.81. The Hall–Kier alpha value is -1.16. The molecule has 0 unspecified atom stereocenters. The molecule has 2 rings (SSSR count). The molecule has 2 nitrogen and oxygen atoms in total. The van der Waals surface area contributed by atoms with Gasteiger partial charge in [-0.05, 0) is 25.0 Å². The molecule has 1 saturated carbocycles. The Balaban J connectivity index is 1.86. The Morgan fingerprint density at radius 1 is 1.33 bits per heavy atom. The number of ether oxygens (including phenoxy) is 1. The molecule has 1 N–H and O–H groups in total. The van der Waals surface area contributed by atoms with Crippen molar-refractivity contribution in [1.82, 2.24) is 5.32 Å². The Labute approximate surface area is 106 Å². The molecule has 0 amide bonds. The molecule has 0 spiro atoms. The van der Waals surface area contributed by atoms with Gasteiger partial charge < -0.3 is 10.1 Å². The van der Waals surface area contributed by atoms with Gasteiger partial charge in [-0.1, -0.05) is 19.9 Å². The molecule has 1 aliphatic rings. The predicted octanol–water partition coefficient (Wildman–Crippen LogP) is 3.12. The average molecular weight is 255 g/mol. The average Bonchev–Trinajstić information content (AvgIpc) is 3.13. The van der Waals surface area contributed by atoms with Crippen molar-refractivity contribution in [2.45, 2.75) is 32.7 Å². The maximum Gasteiger partial charge on any atom is 0.200 e. The lowest BCUT2D eigenvalue weighted by molar-refractivity contribution is 0.169. The molecule has 0 radical (unpaired) electrons. The second-order valence-corrected chi connectivity index (χ2v) is 5.66. The minimum absolute atomic E-state index is 0.0190. The second kappa shape index (κ2) is 5.22. The summed E-state index contributed by atoms with van der Waals surface area (Å²) in [6.45, 7) is 5.25. The normalized spacial score (nSPS) is 15.8. The maximum atomic E-state index is 13.4. The van der Waals surface area contributed by atoms with Crippen molar-refractivity contribution in [3.8, 4) is 5.75 Å². The molecule has 1 aromatic rings. The molecule has 1 aliphatic carbocycles. The van der Waals surface area contributed by atoms with Crippen molar-refractivity contribution in [1.29, 1.82) is 0 Å². The molecule has 4 heteroatoms. The summed E-state index contributed by atoms with van der Waals surface area (Å²) in [4.78, 5) is 0. The molecule has 1 fully saturated rings. The molecule has 0 saturated heterocycles. The zero-order chi connectivity index (χ0) is 13.2. The highest BCUT2D eigenvalue weighted by molar-refractivity contribution is 5.25. The van der Waals surface area contributed by atoms with E-state index >= 15 is 0 Å². The summed E-state index contributed by atoms with van der Waals surface area (Å²) < 4.78 is 31.8. The lowest BCUT2D eigenvalue weighted by atomic mass is 9.95. The van der Waals surface area contributed by atoms with Gasteiger partial charge in [-0.3, -0.25) is 0 Å². The van der Waals surface area contributed by atoms with Gasteiger partial charge in [0, 0.05) is 18.0 Å². The first-order valence-corrected chi connectivity index (χ1v) is 6.28. The molecule has 0 aromatic heterocycles. The van der Waals surface area contributed by atoms with Crippen molar-refractivity contribution in [2.24, 2.45) is 5.41 Å². The van der Waals surface area contributed by atoms with Crippen molar-refractivity contribution < 1.29 is 13.5 Å². The molecule has 0 aliphatic heterocycles. The Morgan fingerprint density at radius 3 is 2.72 bits per heavy atom. The van der Waals surface area contributed by atoms with Crippen LogP contribution in [0.25, 0.3) is 0 Å². The zero-order valence-corrected chi connectivity index (χ0v) is 10.8. The minimum atomic E-state index is -0.913. The monoisotopic (exact) mass is 255 g/mol. The molecule has 1 aromatic carbocycles. The van der Waals surface area contributed by atoms with Gasteiger partial charge in [0.15, 0.2) is 11.6 Å². The summed E-state index contributed by atoms with van der Waals surface area (Å²) in [7, 11) is 0. The van der Waals surface area contributed by atoms with E-state index in [9.17, 15) is 8.78 Å². The fourth-order valence-electron chi connectivity index (χ4n) is 1.63. The first-order chi connectivity index (χ1) is 8.48. The van der Waals surface area contributed by atoms with E-state index in [1.807, 2.05) is 13.8 Å². The number of hydrogen-bond donors (Lipinski definition) is 1. The van der Waals surface area contributed by atoms with Crippen LogP contribution >= 0.6 is 0 Å². The van der Waals surface area contributed by atoms with Crippen LogP contribution in [0.5, 0.6) is 5.75 Å². The number of rotatable bonds is 6. The van der Waals surface area contributed by atoms with Gasteiger partial charge in [0.2, 0.25) is 5.82 Å². The third-order valence-electron chi connectivity index (χ3n) is 2.98.